The number of hydrogen-bond donors (Lipinski definition) is 0. The van der Waals surface area contributed by atoms with Gasteiger partial charge in [0.2, 0.25) is 5.69 Å². The van der Waals surface area contributed by atoms with Crippen LogP contribution in [0.2, 0.25) is 0 Å². The van der Waals surface area contributed by atoms with Gasteiger partial charge in [-0.1, -0.05) is 18.2 Å². The number of rotatable bonds is 2. The van der Waals surface area contributed by atoms with Gasteiger partial charge in [-0.05, 0) is 0 Å². The van der Waals surface area contributed by atoms with Crippen molar-refractivity contribution in [1.82, 2.24) is 0 Å². The van der Waals surface area contributed by atoms with E-state index in [0.717, 1.165) is 0 Å². The first-order valence-corrected chi connectivity index (χ1v) is 3.59. The molecule has 0 saturated carbocycles. The van der Waals surface area contributed by atoms with Gasteiger partial charge in [0.15, 0.2) is 0 Å². The standard InChI is InChI=1S/C10H7NO2/c1-11-9-5-3-4-8(6-7-12)10(9)13-2/h3-6H,2H3. The first kappa shape index (κ1) is 9.05. The highest BCUT2D eigenvalue weighted by atomic mass is 16.5. The molecular weight excluding hydrogens is 166 g/mol. The molecule has 0 radical (unpaired) electrons. The van der Waals surface area contributed by atoms with E-state index in [4.69, 9.17) is 11.3 Å². The number of hydrogen-bond acceptors (Lipinski definition) is 2. The molecule has 1 aromatic carbocycles. The van der Waals surface area contributed by atoms with Gasteiger partial charge in [-0.2, -0.15) is 0 Å². The van der Waals surface area contributed by atoms with Crippen LogP contribution in [0.15, 0.2) is 18.2 Å². The Morgan fingerprint density at radius 1 is 1.62 bits per heavy atom. The van der Waals surface area contributed by atoms with Gasteiger partial charge in [-0.3, -0.25) is 0 Å². The molecule has 0 fully saturated rings. The maximum Gasteiger partial charge on any atom is 0.228 e. The topological polar surface area (TPSA) is 30.7 Å². The van der Waals surface area contributed by atoms with Crippen LogP contribution in [-0.4, -0.2) is 13.1 Å². The van der Waals surface area contributed by atoms with Crippen molar-refractivity contribution >= 4 is 17.7 Å². The minimum absolute atomic E-state index is 0.395. The van der Waals surface area contributed by atoms with E-state index >= 15 is 0 Å². The summed E-state index contributed by atoms with van der Waals surface area (Å²) in [4.78, 5) is 13.4. The van der Waals surface area contributed by atoms with Gasteiger partial charge >= 0.3 is 0 Å². The van der Waals surface area contributed by atoms with Gasteiger partial charge in [0.1, 0.15) is 11.7 Å². The largest absolute Gasteiger partial charge is 0.507 e. The summed E-state index contributed by atoms with van der Waals surface area (Å²) in [5, 5.41) is 0. The Hall–Kier alpha value is -2.04. The number of carbonyl (C=O) groups excluding carboxylic acids is 1. The van der Waals surface area contributed by atoms with E-state index in [1.807, 2.05) is 0 Å². The van der Waals surface area contributed by atoms with E-state index in [1.165, 1.54) is 13.2 Å². The minimum atomic E-state index is 0.395. The van der Waals surface area contributed by atoms with E-state index in [9.17, 15) is 4.79 Å². The van der Waals surface area contributed by atoms with Crippen molar-refractivity contribution in [1.29, 1.82) is 0 Å². The number of methoxy groups -OCH3 is 1. The molecule has 0 unspecified atom stereocenters. The zero-order valence-electron chi connectivity index (χ0n) is 7.07. The fraction of sp³-hybridized carbons (Fsp3) is 0.100. The molecule has 0 N–H and O–H groups in total. The summed E-state index contributed by atoms with van der Waals surface area (Å²) in [5.41, 5.74) is 0.970. The summed E-state index contributed by atoms with van der Waals surface area (Å²) in [6.45, 7) is 6.85. The third-order valence-corrected chi connectivity index (χ3v) is 1.56. The highest BCUT2D eigenvalue weighted by Gasteiger charge is 2.05. The monoisotopic (exact) mass is 173 g/mol. The van der Waals surface area contributed by atoms with E-state index in [0.29, 0.717) is 17.0 Å². The molecule has 0 aromatic heterocycles. The van der Waals surface area contributed by atoms with E-state index in [-0.39, 0.29) is 0 Å². The number of ether oxygens (including phenoxy) is 1. The Kier molecular flexibility index (Phi) is 2.86. The van der Waals surface area contributed by atoms with Crippen LogP contribution in [0.5, 0.6) is 5.75 Å². The molecular formula is C10H7NO2. The normalized spacial score (nSPS) is 8.31. The Morgan fingerprint density at radius 2 is 2.38 bits per heavy atom. The zero-order chi connectivity index (χ0) is 9.68. The van der Waals surface area contributed by atoms with Crippen LogP contribution in [-0.2, 0) is 4.79 Å². The molecule has 0 atom stereocenters. The Morgan fingerprint density at radius 3 is 2.92 bits per heavy atom. The van der Waals surface area contributed by atoms with E-state index < -0.39 is 0 Å². The Labute approximate surface area is 76.1 Å². The van der Waals surface area contributed by atoms with Crippen molar-refractivity contribution in [2.24, 2.45) is 0 Å². The molecule has 0 saturated heterocycles. The first-order valence-electron chi connectivity index (χ1n) is 3.59. The summed E-state index contributed by atoms with van der Waals surface area (Å²) >= 11 is 0. The second kappa shape index (κ2) is 4.10. The number of para-hydroxylation sites is 1. The summed E-state index contributed by atoms with van der Waals surface area (Å²) in [5.74, 6) is 2.07. The lowest BCUT2D eigenvalue weighted by atomic mass is 10.2. The second-order valence-corrected chi connectivity index (χ2v) is 2.27. The van der Waals surface area contributed by atoms with Crippen LogP contribution < -0.4 is 4.74 Å². The van der Waals surface area contributed by atoms with Crippen LogP contribution in [0.25, 0.3) is 10.9 Å². The molecule has 1 rings (SSSR count). The van der Waals surface area contributed by atoms with Crippen LogP contribution in [0, 0.1) is 6.57 Å². The van der Waals surface area contributed by atoms with Gasteiger partial charge in [0, 0.05) is 11.6 Å². The van der Waals surface area contributed by atoms with Crippen LogP contribution in [0.1, 0.15) is 5.56 Å². The molecule has 3 heteroatoms. The third-order valence-electron chi connectivity index (χ3n) is 1.56. The summed E-state index contributed by atoms with van der Waals surface area (Å²) < 4.78 is 5.00. The third kappa shape index (κ3) is 1.76. The number of benzene rings is 1. The van der Waals surface area contributed by atoms with Crippen molar-refractivity contribution in [2.75, 3.05) is 7.11 Å². The second-order valence-electron chi connectivity index (χ2n) is 2.27. The lowest BCUT2D eigenvalue weighted by Gasteiger charge is -2.04. The SMILES string of the molecule is [C-]#[N+]c1cccc(C=C=O)c1OC. The Balaban J connectivity index is 3.37. The fourth-order valence-corrected chi connectivity index (χ4v) is 1.03. The molecule has 0 aliphatic carbocycles. The zero-order valence-corrected chi connectivity index (χ0v) is 7.07. The van der Waals surface area contributed by atoms with Crippen molar-refractivity contribution < 1.29 is 9.53 Å². The molecule has 0 bridgehead atoms. The lowest BCUT2D eigenvalue weighted by Crippen LogP contribution is -1.86. The fourth-order valence-electron chi connectivity index (χ4n) is 1.03. The summed E-state index contributed by atoms with van der Waals surface area (Å²) in [6.07, 6.45) is 1.24. The average molecular weight is 173 g/mol. The highest BCUT2D eigenvalue weighted by molar-refractivity contribution is 5.81. The Bertz CT molecular complexity index is 398. The molecule has 0 heterocycles. The number of nitrogens with zero attached hydrogens (tertiary/aromatic N) is 1. The maximum absolute atomic E-state index is 10.1. The predicted octanol–water partition coefficient (Wildman–Crippen LogP) is 2.09. The van der Waals surface area contributed by atoms with Crippen LogP contribution in [0.4, 0.5) is 5.69 Å². The minimum Gasteiger partial charge on any atom is -0.507 e. The molecule has 13 heavy (non-hydrogen) atoms. The molecule has 0 aliphatic rings. The summed E-state index contributed by atoms with van der Waals surface area (Å²) in [6, 6.07) is 5.02. The van der Waals surface area contributed by atoms with Crippen molar-refractivity contribution in [3.63, 3.8) is 0 Å². The average Bonchev–Trinajstić information content (AvgIpc) is 2.18. The predicted molar refractivity (Wildman–Crippen MR) is 49.4 cm³/mol. The van der Waals surface area contributed by atoms with Crippen molar-refractivity contribution in [2.45, 2.75) is 0 Å². The van der Waals surface area contributed by atoms with Gasteiger partial charge in [-0.25, -0.2) is 9.64 Å². The molecule has 0 aliphatic heterocycles. The van der Waals surface area contributed by atoms with Gasteiger partial charge < -0.3 is 4.74 Å². The highest BCUT2D eigenvalue weighted by Crippen LogP contribution is 2.31. The van der Waals surface area contributed by atoms with Crippen LogP contribution >= 0.6 is 0 Å². The maximum atomic E-state index is 10.1. The van der Waals surface area contributed by atoms with Crippen molar-refractivity contribution in [3.05, 3.63) is 35.2 Å². The summed E-state index contributed by atoms with van der Waals surface area (Å²) in [7, 11) is 1.46. The van der Waals surface area contributed by atoms with E-state index in [2.05, 4.69) is 4.85 Å². The van der Waals surface area contributed by atoms with Gasteiger partial charge in [0.25, 0.3) is 0 Å². The molecule has 3 nitrogen and oxygen atoms in total. The smallest absolute Gasteiger partial charge is 0.228 e. The first-order chi connectivity index (χ1) is 6.33. The van der Waals surface area contributed by atoms with Crippen molar-refractivity contribution in [3.8, 4) is 5.75 Å². The van der Waals surface area contributed by atoms with Crippen LogP contribution in [0.3, 0.4) is 0 Å². The molecule has 1 aromatic rings. The quantitative estimate of drug-likeness (QED) is 0.506. The molecule has 0 amide bonds. The van der Waals surface area contributed by atoms with E-state index in [1.54, 1.807) is 24.1 Å². The molecule has 0 spiro atoms. The van der Waals surface area contributed by atoms with Gasteiger partial charge in [-0.15, -0.1) is 0 Å². The lowest BCUT2D eigenvalue weighted by molar-refractivity contribution is 0.416. The molecule has 64 valence electrons. The van der Waals surface area contributed by atoms with Gasteiger partial charge in [0.05, 0.1) is 13.7 Å².